The number of nitrogens with one attached hydrogen (secondary N) is 1. The van der Waals surface area contributed by atoms with Crippen LogP contribution in [0, 0.1) is 0 Å². The largest absolute Gasteiger partial charge is 0.481 e. The summed E-state index contributed by atoms with van der Waals surface area (Å²) in [7, 11) is -11.1. The summed E-state index contributed by atoms with van der Waals surface area (Å²) in [6, 6.07) is 0.524. The van der Waals surface area contributed by atoms with E-state index in [2.05, 4.69) is 5.32 Å². The van der Waals surface area contributed by atoms with Crippen LogP contribution in [-0.4, -0.2) is 67.4 Å². The third-order valence-corrected chi connectivity index (χ3v) is 15.8. The number of amides is 1. The number of carboxylic acid groups (broad SMARTS) is 1. The Morgan fingerprint density at radius 2 is 1.37 bits per heavy atom. The standard InChI is InChI=1S/C14H35NO8Si4/c1-24(2,19)21-26(5,6)23-27(7,22-25(3,4)20)12-8-11-15-13(16)9-10-14(17)18/h19-20H,8-12H2,1-7H3,(H,15,16)(H,17,18). The second kappa shape index (κ2) is 10.4. The fourth-order valence-corrected chi connectivity index (χ4v) is 18.7. The molecule has 0 saturated carbocycles. The lowest BCUT2D eigenvalue weighted by Gasteiger charge is -2.40. The maximum atomic E-state index is 11.6. The van der Waals surface area contributed by atoms with Crippen LogP contribution in [0.4, 0.5) is 0 Å². The minimum Gasteiger partial charge on any atom is -0.481 e. The molecular formula is C14H35NO8Si4. The summed E-state index contributed by atoms with van der Waals surface area (Å²) in [5.74, 6) is -1.32. The van der Waals surface area contributed by atoms with Crippen molar-refractivity contribution in [1.82, 2.24) is 5.32 Å². The van der Waals surface area contributed by atoms with Gasteiger partial charge in [-0.2, -0.15) is 0 Å². The zero-order valence-corrected chi connectivity index (χ0v) is 21.4. The van der Waals surface area contributed by atoms with Gasteiger partial charge in [0.05, 0.1) is 6.42 Å². The van der Waals surface area contributed by atoms with E-state index in [0.29, 0.717) is 19.0 Å². The smallest absolute Gasteiger partial charge is 0.320 e. The van der Waals surface area contributed by atoms with Crippen LogP contribution in [0.2, 0.25) is 51.9 Å². The predicted octanol–water partition coefficient (Wildman–Crippen LogP) is 1.57. The molecule has 0 aromatic carbocycles. The molecule has 1 unspecified atom stereocenters. The highest BCUT2D eigenvalue weighted by molar-refractivity contribution is 6.87. The molecule has 4 N–H and O–H groups in total. The van der Waals surface area contributed by atoms with E-state index in [1.807, 2.05) is 19.6 Å². The number of carbonyl (C=O) groups excluding carboxylic acids is 1. The van der Waals surface area contributed by atoms with Crippen molar-refractivity contribution < 1.29 is 36.6 Å². The molecule has 0 aliphatic rings. The van der Waals surface area contributed by atoms with E-state index in [9.17, 15) is 19.2 Å². The van der Waals surface area contributed by atoms with Crippen LogP contribution in [0.3, 0.4) is 0 Å². The molecule has 160 valence electrons. The van der Waals surface area contributed by atoms with Gasteiger partial charge in [0.25, 0.3) is 0 Å². The maximum absolute atomic E-state index is 11.6. The van der Waals surface area contributed by atoms with Crippen molar-refractivity contribution in [2.24, 2.45) is 0 Å². The van der Waals surface area contributed by atoms with E-state index in [0.717, 1.165) is 0 Å². The SMILES string of the molecule is C[Si](C)(O)O[Si](C)(C)O[Si](C)(CCCNC(=O)CCC(=O)O)O[Si](C)(C)O. The van der Waals surface area contributed by atoms with E-state index in [-0.39, 0.29) is 18.7 Å². The lowest BCUT2D eigenvalue weighted by Crippen LogP contribution is -2.58. The summed E-state index contributed by atoms with van der Waals surface area (Å²) >= 11 is 0. The molecule has 27 heavy (non-hydrogen) atoms. The Morgan fingerprint density at radius 1 is 0.852 bits per heavy atom. The number of hydrogen-bond donors (Lipinski definition) is 4. The molecule has 0 heterocycles. The Hall–Kier alpha value is -0.392. The Balaban J connectivity index is 4.80. The zero-order chi connectivity index (χ0) is 21.5. The first-order valence-corrected chi connectivity index (χ1v) is 20.0. The van der Waals surface area contributed by atoms with Crippen molar-refractivity contribution >= 4 is 46.1 Å². The van der Waals surface area contributed by atoms with Gasteiger partial charge in [-0.3, -0.25) is 9.59 Å². The Kier molecular flexibility index (Phi) is 10.3. The first-order valence-electron chi connectivity index (χ1n) is 8.97. The van der Waals surface area contributed by atoms with Gasteiger partial charge < -0.3 is 32.4 Å². The lowest BCUT2D eigenvalue weighted by atomic mass is 10.3. The average Bonchev–Trinajstić information content (AvgIpc) is 2.35. The van der Waals surface area contributed by atoms with Crippen LogP contribution < -0.4 is 5.32 Å². The van der Waals surface area contributed by atoms with E-state index < -0.39 is 40.2 Å². The first kappa shape index (κ1) is 26.6. The summed E-state index contributed by atoms with van der Waals surface area (Å²) in [5.41, 5.74) is 0. The van der Waals surface area contributed by atoms with Crippen LogP contribution in [0.25, 0.3) is 0 Å². The fourth-order valence-electron chi connectivity index (χ4n) is 2.74. The molecule has 0 bridgehead atoms. The molecule has 13 heteroatoms. The molecule has 0 aromatic rings. The van der Waals surface area contributed by atoms with Crippen molar-refractivity contribution in [1.29, 1.82) is 0 Å². The molecule has 1 amide bonds. The van der Waals surface area contributed by atoms with Crippen molar-refractivity contribution in [2.75, 3.05) is 6.54 Å². The first-order chi connectivity index (χ1) is 11.9. The van der Waals surface area contributed by atoms with Gasteiger partial charge in [-0.1, -0.05) is 0 Å². The van der Waals surface area contributed by atoms with Gasteiger partial charge in [0, 0.05) is 13.0 Å². The van der Waals surface area contributed by atoms with Crippen molar-refractivity contribution in [3.63, 3.8) is 0 Å². The molecule has 0 aliphatic carbocycles. The number of carboxylic acids is 1. The van der Waals surface area contributed by atoms with Crippen LogP contribution in [0.1, 0.15) is 19.3 Å². The van der Waals surface area contributed by atoms with Crippen LogP contribution in [0.5, 0.6) is 0 Å². The molecule has 0 radical (unpaired) electrons. The molecule has 0 rings (SSSR count). The van der Waals surface area contributed by atoms with Crippen LogP contribution >= 0.6 is 0 Å². The summed E-state index contributed by atoms with van der Waals surface area (Å²) in [5, 5.41) is 11.3. The minimum atomic E-state index is -2.86. The van der Waals surface area contributed by atoms with Gasteiger partial charge in [-0.25, -0.2) is 0 Å². The Morgan fingerprint density at radius 3 is 1.81 bits per heavy atom. The summed E-state index contributed by atoms with van der Waals surface area (Å²) in [6.07, 6.45) is 0.306. The average molecular weight is 458 g/mol. The van der Waals surface area contributed by atoms with E-state index in [1.54, 1.807) is 26.2 Å². The van der Waals surface area contributed by atoms with E-state index >= 15 is 0 Å². The number of carbonyl (C=O) groups is 2. The van der Waals surface area contributed by atoms with Gasteiger partial charge in [0.1, 0.15) is 0 Å². The third-order valence-electron chi connectivity index (χ3n) is 3.12. The third kappa shape index (κ3) is 15.2. The molecule has 0 fully saturated rings. The quantitative estimate of drug-likeness (QED) is 0.242. The molecule has 0 aliphatic heterocycles. The summed E-state index contributed by atoms with van der Waals surface area (Å²) < 4.78 is 18.0. The topological polar surface area (TPSA) is 135 Å². The van der Waals surface area contributed by atoms with E-state index in [4.69, 9.17) is 17.5 Å². The molecule has 1 atom stereocenters. The fraction of sp³-hybridized carbons (Fsp3) is 0.857. The van der Waals surface area contributed by atoms with Gasteiger partial charge >= 0.3 is 40.2 Å². The molecular weight excluding hydrogens is 422 g/mol. The number of rotatable bonds is 13. The van der Waals surface area contributed by atoms with Gasteiger partial charge in [0.2, 0.25) is 5.91 Å². The summed E-state index contributed by atoms with van der Waals surface area (Å²) in [4.78, 5) is 42.4. The molecule has 0 spiro atoms. The number of hydrogen-bond acceptors (Lipinski definition) is 7. The highest BCUT2D eigenvalue weighted by Gasteiger charge is 2.45. The van der Waals surface area contributed by atoms with Gasteiger partial charge in [-0.05, 0) is 58.3 Å². The normalized spacial score (nSPS) is 15.3. The highest BCUT2D eigenvalue weighted by atomic mass is 28.5. The number of aliphatic carboxylic acids is 1. The highest BCUT2D eigenvalue weighted by Crippen LogP contribution is 2.26. The molecule has 0 aromatic heterocycles. The van der Waals surface area contributed by atoms with Crippen LogP contribution in [0.15, 0.2) is 0 Å². The van der Waals surface area contributed by atoms with Gasteiger partial charge in [0.15, 0.2) is 0 Å². The lowest BCUT2D eigenvalue weighted by molar-refractivity contribution is -0.138. The van der Waals surface area contributed by atoms with Crippen molar-refractivity contribution in [2.45, 2.75) is 71.1 Å². The van der Waals surface area contributed by atoms with E-state index in [1.165, 1.54) is 0 Å². The maximum Gasteiger partial charge on any atom is 0.320 e. The van der Waals surface area contributed by atoms with Gasteiger partial charge in [-0.15, -0.1) is 0 Å². The second-order valence-electron chi connectivity index (χ2n) is 8.08. The van der Waals surface area contributed by atoms with Crippen LogP contribution in [-0.2, 0) is 21.9 Å². The molecule has 0 saturated heterocycles. The second-order valence-corrected chi connectivity index (χ2v) is 21.9. The zero-order valence-electron chi connectivity index (χ0n) is 17.4. The monoisotopic (exact) mass is 457 g/mol. The van der Waals surface area contributed by atoms with Crippen molar-refractivity contribution in [3.8, 4) is 0 Å². The van der Waals surface area contributed by atoms with Crippen molar-refractivity contribution in [3.05, 3.63) is 0 Å². The Labute approximate surface area is 166 Å². The summed E-state index contributed by atoms with van der Waals surface area (Å²) in [6.45, 7) is 12.6. The minimum absolute atomic E-state index is 0.0579. The predicted molar refractivity (Wildman–Crippen MR) is 111 cm³/mol. The molecule has 9 nitrogen and oxygen atoms in total. The Bertz CT molecular complexity index is 506.